The minimum atomic E-state index is -0.739. The van der Waals surface area contributed by atoms with Crippen LogP contribution in [0.15, 0.2) is 55.6 Å². The molecule has 0 aromatic heterocycles. The van der Waals surface area contributed by atoms with Crippen LogP contribution in [-0.4, -0.2) is 91.4 Å². The summed E-state index contributed by atoms with van der Waals surface area (Å²) in [6.07, 6.45) is 11.5. The molecule has 234 valence electrons. The molecule has 2 bridgehead atoms. The van der Waals surface area contributed by atoms with E-state index in [0.29, 0.717) is 32.5 Å². The molecule has 0 radical (unpaired) electrons. The summed E-state index contributed by atoms with van der Waals surface area (Å²) < 4.78 is -1.15. The van der Waals surface area contributed by atoms with E-state index >= 15 is 0 Å². The fourth-order valence-corrected chi connectivity index (χ4v) is 10.9. The van der Waals surface area contributed by atoms with Crippen LogP contribution in [0.25, 0.3) is 0 Å². The van der Waals surface area contributed by atoms with Gasteiger partial charge in [0.05, 0.1) is 29.2 Å². The van der Waals surface area contributed by atoms with Gasteiger partial charge in [0.15, 0.2) is 0 Å². The Labute approximate surface area is 261 Å². The smallest absolute Gasteiger partial charge is 0.247 e. The van der Waals surface area contributed by atoms with E-state index in [1.165, 1.54) is 6.42 Å². The number of carbonyl (C=O) groups excluding carboxylic acids is 3. The van der Waals surface area contributed by atoms with Gasteiger partial charge in [-0.15, -0.1) is 24.9 Å². The molecule has 4 aliphatic rings. The Kier molecular flexibility index (Phi) is 9.76. The molecule has 8 heteroatoms. The highest BCUT2D eigenvalue weighted by molar-refractivity contribution is 8.02. The molecule has 43 heavy (non-hydrogen) atoms. The fraction of sp³-hybridized carbons (Fsp3) is 0.629. The topological polar surface area (TPSA) is 81.2 Å². The van der Waals surface area contributed by atoms with E-state index in [4.69, 9.17) is 0 Å². The molecule has 2 unspecified atom stereocenters. The molecule has 1 N–H and O–H groups in total. The summed E-state index contributed by atoms with van der Waals surface area (Å²) in [5, 5.41) is 10.8. The molecular weight excluding hydrogens is 558 g/mol. The number of hydrogen-bond acceptors (Lipinski definition) is 5. The van der Waals surface area contributed by atoms with Crippen LogP contribution in [-0.2, 0) is 20.8 Å². The number of aliphatic hydroxyl groups is 1. The molecule has 5 rings (SSSR count). The molecular formula is C35H49N3O4S. The van der Waals surface area contributed by atoms with Gasteiger partial charge in [0, 0.05) is 30.4 Å². The Morgan fingerprint density at radius 1 is 1.09 bits per heavy atom. The molecule has 3 amide bonds. The molecule has 1 spiro atoms. The maximum absolute atomic E-state index is 15.0. The monoisotopic (exact) mass is 607 g/mol. The number of aliphatic hydroxyl groups excluding tert-OH is 1. The van der Waals surface area contributed by atoms with E-state index in [-0.39, 0.29) is 30.4 Å². The molecule has 3 aliphatic heterocycles. The standard InChI is InChI=1S/C35H49N3O4S/c1-5-20-36(21-6-2)31(40)28-29-32(41)38(27(24-39)23-25-14-10-8-11-15-25)30(35(29)19-18-34(28,4)43-35)33(42)37(22-7-3)26-16-12-9-13-17-26/h5,7-8,10-11,14-15,26-30,39H,1,3,6,9,12-13,16-24H2,2,4H3/t27-,28-,29+,30?,34+,35?/m1/s1. The van der Waals surface area contributed by atoms with Crippen LogP contribution in [0.4, 0.5) is 0 Å². The molecule has 1 aromatic carbocycles. The van der Waals surface area contributed by atoms with Gasteiger partial charge in [-0.1, -0.05) is 68.7 Å². The first-order valence-electron chi connectivity index (χ1n) is 16.2. The van der Waals surface area contributed by atoms with E-state index in [1.807, 2.05) is 47.1 Å². The summed E-state index contributed by atoms with van der Waals surface area (Å²) in [5.41, 5.74) is 1.00. The van der Waals surface area contributed by atoms with Gasteiger partial charge in [-0.3, -0.25) is 14.4 Å². The van der Waals surface area contributed by atoms with Crippen molar-refractivity contribution in [2.45, 2.75) is 99.3 Å². The average molecular weight is 608 g/mol. The van der Waals surface area contributed by atoms with Gasteiger partial charge in [0.1, 0.15) is 6.04 Å². The van der Waals surface area contributed by atoms with Crippen LogP contribution in [0.1, 0.15) is 70.8 Å². The zero-order valence-corrected chi connectivity index (χ0v) is 26.8. The largest absolute Gasteiger partial charge is 0.394 e. The van der Waals surface area contributed by atoms with Crippen molar-refractivity contribution in [3.63, 3.8) is 0 Å². The third kappa shape index (κ3) is 5.58. The zero-order chi connectivity index (χ0) is 30.8. The van der Waals surface area contributed by atoms with E-state index in [2.05, 4.69) is 20.1 Å². The summed E-state index contributed by atoms with van der Waals surface area (Å²) in [6, 6.07) is 8.65. The first-order chi connectivity index (χ1) is 20.8. The third-order valence-corrected chi connectivity index (χ3v) is 12.4. The number of fused-ring (bicyclic) bond motifs is 1. The van der Waals surface area contributed by atoms with E-state index in [1.54, 1.807) is 28.8 Å². The van der Waals surface area contributed by atoms with Crippen LogP contribution in [0.2, 0.25) is 0 Å². The second-order valence-electron chi connectivity index (χ2n) is 13.1. The fourth-order valence-electron chi connectivity index (χ4n) is 8.57. The second kappa shape index (κ2) is 13.2. The van der Waals surface area contributed by atoms with Gasteiger partial charge in [-0.25, -0.2) is 0 Å². The number of benzene rings is 1. The maximum atomic E-state index is 15.0. The summed E-state index contributed by atoms with van der Waals surface area (Å²) in [5.74, 6) is -1.34. The first kappa shape index (κ1) is 31.8. The second-order valence-corrected chi connectivity index (χ2v) is 15.0. The Morgan fingerprint density at radius 3 is 2.42 bits per heavy atom. The van der Waals surface area contributed by atoms with Crippen molar-refractivity contribution in [1.29, 1.82) is 0 Å². The normalized spacial score (nSPS) is 30.6. The average Bonchev–Trinajstić information content (AvgIpc) is 3.59. The van der Waals surface area contributed by atoms with Crippen LogP contribution >= 0.6 is 11.8 Å². The molecule has 1 aliphatic carbocycles. The number of carbonyl (C=O) groups is 3. The summed E-state index contributed by atoms with van der Waals surface area (Å²) in [6.45, 7) is 13.2. The lowest BCUT2D eigenvalue weighted by Gasteiger charge is -2.42. The van der Waals surface area contributed by atoms with Crippen LogP contribution in [0.5, 0.6) is 0 Å². The summed E-state index contributed by atoms with van der Waals surface area (Å²) in [4.78, 5) is 49.7. The van der Waals surface area contributed by atoms with Crippen molar-refractivity contribution in [2.24, 2.45) is 11.8 Å². The van der Waals surface area contributed by atoms with Crippen LogP contribution < -0.4 is 0 Å². The predicted octanol–water partition coefficient (Wildman–Crippen LogP) is 4.84. The lowest BCUT2D eigenvalue weighted by atomic mass is 9.66. The van der Waals surface area contributed by atoms with Gasteiger partial charge < -0.3 is 19.8 Å². The van der Waals surface area contributed by atoms with Crippen molar-refractivity contribution >= 4 is 29.5 Å². The lowest BCUT2D eigenvalue weighted by Crippen LogP contribution is -2.59. The first-order valence-corrected chi connectivity index (χ1v) is 17.1. The van der Waals surface area contributed by atoms with Crippen molar-refractivity contribution in [2.75, 3.05) is 26.2 Å². The molecule has 1 aromatic rings. The summed E-state index contributed by atoms with van der Waals surface area (Å²) >= 11 is 1.71. The Bertz CT molecular complexity index is 1200. The number of rotatable bonds is 13. The number of likely N-dealkylation sites (tertiary alicyclic amines) is 1. The van der Waals surface area contributed by atoms with Crippen LogP contribution in [0.3, 0.4) is 0 Å². The van der Waals surface area contributed by atoms with E-state index in [9.17, 15) is 19.5 Å². The Balaban J connectivity index is 1.60. The van der Waals surface area contributed by atoms with Crippen molar-refractivity contribution in [1.82, 2.24) is 14.7 Å². The SMILES string of the molecule is C=CCN(CCC)C(=O)[C@H]1[C@H]2C(=O)N([C@@H](CO)Cc3ccccc3)C(C(=O)N(CC=C)C3CCCCC3)C23CC[C@]1(C)S3. The predicted molar refractivity (Wildman–Crippen MR) is 172 cm³/mol. The number of amides is 3. The van der Waals surface area contributed by atoms with Gasteiger partial charge >= 0.3 is 0 Å². The van der Waals surface area contributed by atoms with Gasteiger partial charge in [-0.05, 0) is 51.0 Å². The molecule has 3 saturated heterocycles. The number of nitrogens with zero attached hydrogens (tertiary/aromatic N) is 3. The highest BCUT2D eigenvalue weighted by Gasteiger charge is 2.78. The molecule has 1 saturated carbocycles. The van der Waals surface area contributed by atoms with Crippen molar-refractivity contribution in [3.05, 3.63) is 61.2 Å². The minimum Gasteiger partial charge on any atom is -0.394 e. The van der Waals surface area contributed by atoms with Gasteiger partial charge in [-0.2, -0.15) is 0 Å². The Hall–Kier alpha value is -2.58. The zero-order valence-electron chi connectivity index (χ0n) is 26.0. The summed E-state index contributed by atoms with van der Waals surface area (Å²) in [7, 11) is 0. The van der Waals surface area contributed by atoms with E-state index in [0.717, 1.165) is 44.1 Å². The highest BCUT2D eigenvalue weighted by atomic mass is 32.2. The number of hydrogen-bond donors (Lipinski definition) is 1. The van der Waals surface area contributed by atoms with Crippen molar-refractivity contribution < 1.29 is 19.5 Å². The van der Waals surface area contributed by atoms with E-state index < -0.39 is 33.4 Å². The van der Waals surface area contributed by atoms with Gasteiger partial charge in [0.25, 0.3) is 0 Å². The van der Waals surface area contributed by atoms with Gasteiger partial charge in [0.2, 0.25) is 17.7 Å². The molecule has 7 nitrogen and oxygen atoms in total. The van der Waals surface area contributed by atoms with Crippen LogP contribution in [0, 0.1) is 11.8 Å². The van der Waals surface area contributed by atoms with Crippen molar-refractivity contribution in [3.8, 4) is 0 Å². The highest BCUT2D eigenvalue weighted by Crippen LogP contribution is 2.72. The maximum Gasteiger partial charge on any atom is 0.247 e. The molecule has 6 atom stereocenters. The molecule has 4 fully saturated rings. The third-order valence-electron chi connectivity index (χ3n) is 10.4. The lowest BCUT2D eigenvalue weighted by molar-refractivity contribution is -0.148. The number of thioether (sulfide) groups is 1. The minimum absolute atomic E-state index is 0.0106. The quantitative estimate of drug-likeness (QED) is 0.325. The molecule has 3 heterocycles. The Morgan fingerprint density at radius 2 is 1.79 bits per heavy atom.